The van der Waals surface area contributed by atoms with Crippen LogP contribution < -0.4 is 10.0 Å². The van der Waals surface area contributed by atoms with Crippen molar-refractivity contribution in [2.75, 3.05) is 11.4 Å². The Morgan fingerprint density at radius 2 is 1.64 bits per heavy atom. The highest BCUT2D eigenvalue weighted by atomic mass is 32.2. The molecular formula is C16H16N2O3S. The van der Waals surface area contributed by atoms with E-state index in [1.807, 2.05) is 30.3 Å². The summed E-state index contributed by atoms with van der Waals surface area (Å²) >= 11 is 0. The number of hydrogen-bond donors (Lipinski definition) is 1. The van der Waals surface area contributed by atoms with Crippen molar-refractivity contribution in [3.8, 4) is 0 Å². The molecule has 1 amide bonds. The van der Waals surface area contributed by atoms with E-state index in [1.54, 1.807) is 17.0 Å². The van der Waals surface area contributed by atoms with E-state index < -0.39 is 10.0 Å². The molecule has 1 aliphatic heterocycles. The normalized spacial score (nSPS) is 18.7. The molecule has 1 fully saturated rings. The van der Waals surface area contributed by atoms with Crippen LogP contribution in [0.5, 0.6) is 0 Å². The first-order chi connectivity index (χ1) is 10.4. The smallest absolute Gasteiger partial charge is 0.238 e. The van der Waals surface area contributed by atoms with Gasteiger partial charge in [-0.15, -0.1) is 0 Å². The van der Waals surface area contributed by atoms with Crippen molar-refractivity contribution in [1.82, 2.24) is 0 Å². The first kappa shape index (κ1) is 14.7. The molecule has 0 radical (unpaired) electrons. The molecule has 22 heavy (non-hydrogen) atoms. The highest BCUT2D eigenvalue weighted by Gasteiger charge is 2.31. The number of carbonyl (C=O) groups is 1. The molecule has 114 valence electrons. The van der Waals surface area contributed by atoms with Crippen LogP contribution in [-0.4, -0.2) is 20.9 Å². The van der Waals surface area contributed by atoms with Crippen LogP contribution in [0.4, 0.5) is 5.69 Å². The van der Waals surface area contributed by atoms with Crippen LogP contribution >= 0.6 is 0 Å². The maximum absolute atomic E-state index is 12.2. The van der Waals surface area contributed by atoms with Crippen molar-refractivity contribution in [3.63, 3.8) is 0 Å². The Hall–Kier alpha value is -2.18. The van der Waals surface area contributed by atoms with Crippen molar-refractivity contribution in [2.45, 2.75) is 17.2 Å². The van der Waals surface area contributed by atoms with Crippen LogP contribution in [0.2, 0.25) is 0 Å². The standard InChI is InChI=1S/C16H16N2O3S/c17-22(20,21)15-8-6-14(7-9-15)18-11-13(10-16(18)19)12-4-2-1-3-5-12/h1-9,13H,10-11H2,(H2,17,20,21). The second-order valence-electron chi connectivity index (χ2n) is 5.35. The largest absolute Gasteiger partial charge is 0.312 e. The predicted molar refractivity (Wildman–Crippen MR) is 84.0 cm³/mol. The summed E-state index contributed by atoms with van der Waals surface area (Å²) in [5.41, 5.74) is 1.83. The summed E-state index contributed by atoms with van der Waals surface area (Å²) < 4.78 is 22.5. The zero-order chi connectivity index (χ0) is 15.7. The van der Waals surface area contributed by atoms with Crippen molar-refractivity contribution in [1.29, 1.82) is 0 Å². The van der Waals surface area contributed by atoms with Gasteiger partial charge in [0, 0.05) is 24.6 Å². The number of benzene rings is 2. The quantitative estimate of drug-likeness (QED) is 0.938. The number of hydrogen-bond acceptors (Lipinski definition) is 3. The van der Waals surface area contributed by atoms with E-state index >= 15 is 0 Å². The molecule has 5 nitrogen and oxygen atoms in total. The molecule has 0 aromatic heterocycles. The molecule has 1 unspecified atom stereocenters. The van der Waals surface area contributed by atoms with E-state index in [0.717, 1.165) is 5.56 Å². The molecule has 1 aliphatic rings. The van der Waals surface area contributed by atoms with Gasteiger partial charge in [-0.25, -0.2) is 13.6 Å². The van der Waals surface area contributed by atoms with E-state index in [1.165, 1.54) is 12.1 Å². The van der Waals surface area contributed by atoms with Gasteiger partial charge in [0.2, 0.25) is 15.9 Å². The molecule has 0 aliphatic carbocycles. The Kier molecular flexibility index (Phi) is 3.72. The lowest BCUT2D eigenvalue weighted by Gasteiger charge is -2.17. The third-order valence-electron chi connectivity index (χ3n) is 3.87. The fourth-order valence-electron chi connectivity index (χ4n) is 2.72. The molecule has 0 saturated carbocycles. The van der Waals surface area contributed by atoms with Crippen molar-refractivity contribution < 1.29 is 13.2 Å². The van der Waals surface area contributed by atoms with Gasteiger partial charge in [0.1, 0.15) is 0 Å². The van der Waals surface area contributed by atoms with Crippen LogP contribution in [0.3, 0.4) is 0 Å². The van der Waals surface area contributed by atoms with E-state index in [9.17, 15) is 13.2 Å². The molecule has 1 saturated heterocycles. The molecule has 2 aromatic rings. The van der Waals surface area contributed by atoms with Crippen LogP contribution in [0.1, 0.15) is 17.9 Å². The number of carbonyl (C=O) groups excluding carboxylic acids is 1. The molecule has 0 spiro atoms. The highest BCUT2D eigenvalue weighted by molar-refractivity contribution is 7.89. The molecule has 0 bridgehead atoms. The summed E-state index contributed by atoms with van der Waals surface area (Å²) in [4.78, 5) is 14.0. The van der Waals surface area contributed by atoms with Crippen molar-refractivity contribution in [2.24, 2.45) is 5.14 Å². The summed E-state index contributed by atoms with van der Waals surface area (Å²) in [7, 11) is -3.71. The number of amides is 1. The van der Waals surface area contributed by atoms with Crippen molar-refractivity contribution >= 4 is 21.6 Å². The second kappa shape index (κ2) is 5.55. The van der Waals surface area contributed by atoms with E-state index in [2.05, 4.69) is 0 Å². The van der Waals surface area contributed by atoms with Gasteiger partial charge in [-0.05, 0) is 29.8 Å². The number of primary sulfonamides is 1. The third-order valence-corrected chi connectivity index (χ3v) is 4.80. The Morgan fingerprint density at radius 1 is 1.00 bits per heavy atom. The Labute approximate surface area is 129 Å². The fourth-order valence-corrected chi connectivity index (χ4v) is 3.24. The zero-order valence-electron chi connectivity index (χ0n) is 11.8. The van der Waals surface area contributed by atoms with Gasteiger partial charge >= 0.3 is 0 Å². The molecule has 1 heterocycles. The summed E-state index contributed by atoms with van der Waals surface area (Å²) in [6.07, 6.45) is 0.459. The minimum atomic E-state index is -3.71. The summed E-state index contributed by atoms with van der Waals surface area (Å²) in [6.45, 7) is 0.595. The topological polar surface area (TPSA) is 80.5 Å². The first-order valence-corrected chi connectivity index (χ1v) is 8.48. The molecule has 3 rings (SSSR count). The van der Waals surface area contributed by atoms with Gasteiger partial charge in [-0.2, -0.15) is 0 Å². The molecule has 2 N–H and O–H groups in total. The SMILES string of the molecule is NS(=O)(=O)c1ccc(N2CC(c3ccccc3)CC2=O)cc1. The zero-order valence-corrected chi connectivity index (χ0v) is 12.7. The third kappa shape index (κ3) is 2.88. The molecule has 2 aromatic carbocycles. The van der Waals surface area contributed by atoms with Crippen LogP contribution in [-0.2, 0) is 14.8 Å². The van der Waals surface area contributed by atoms with Gasteiger partial charge in [-0.1, -0.05) is 30.3 Å². The van der Waals surface area contributed by atoms with Gasteiger partial charge in [0.15, 0.2) is 0 Å². The van der Waals surface area contributed by atoms with Crippen molar-refractivity contribution in [3.05, 3.63) is 60.2 Å². The van der Waals surface area contributed by atoms with E-state index in [0.29, 0.717) is 18.7 Å². The first-order valence-electron chi connectivity index (χ1n) is 6.93. The number of rotatable bonds is 3. The van der Waals surface area contributed by atoms with Gasteiger partial charge < -0.3 is 4.90 Å². The average Bonchev–Trinajstić information content (AvgIpc) is 2.89. The monoisotopic (exact) mass is 316 g/mol. The lowest BCUT2D eigenvalue weighted by Crippen LogP contribution is -2.24. The number of sulfonamides is 1. The maximum Gasteiger partial charge on any atom is 0.238 e. The maximum atomic E-state index is 12.2. The molecule has 1 atom stereocenters. The minimum Gasteiger partial charge on any atom is -0.312 e. The Morgan fingerprint density at radius 3 is 2.23 bits per heavy atom. The van der Waals surface area contributed by atoms with E-state index in [4.69, 9.17) is 5.14 Å². The summed E-state index contributed by atoms with van der Waals surface area (Å²) in [6, 6.07) is 16.0. The van der Waals surface area contributed by atoms with Crippen LogP contribution in [0.15, 0.2) is 59.5 Å². The second-order valence-corrected chi connectivity index (χ2v) is 6.92. The number of nitrogens with zero attached hydrogens (tertiary/aromatic N) is 1. The summed E-state index contributed by atoms with van der Waals surface area (Å²) in [5, 5.41) is 5.08. The van der Waals surface area contributed by atoms with Crippen LogP contribution in [0, 0.1) is 0 Å². The summed E-state index contributed by atoms with van der Waals surface area (Å²) in [5.74, 6) is 0.198. The average molecular weight is 316 g/mol. The molecular weight excluding hydrogens is 300 g/mol. The minimum absolute atomic E-state index is 0.0391. The van der Waals surface area contributed by atoms with E-state index in [-0.39, 0.29) is 16.7 Å². The number of anilines is 1. The van der Waals surface area contributed by atoms with Gasteiger partial charge in [-0.3, -0.25) is 4.79 Å². The Bertz CT molecular complexity index is 786. The predicted octanol–water partition coefficient (Wildman–Crippen LogP) is 1.85. The highest BCUT2D eigenvalue weighted by Crippen LogP contribution is 2.31. The fraction of sp³-hybridized carbons (Fsp3) is 0.188. The van der Waals surface area contributed by atoms with Crippen LogP contribution in [0.25, 0.3) is 0 Å². The lowest BCUT2D eigenvalue weighted by atomic mass is 9.99. The van der Waals surface area contributed by atoms with Gasteiger partial charge in [0.25, 0.3) is 0 Å². The Balaban J connectivity index is 1.82. The van der Waals surface area contributed by atoms with Gasteiger partial charge in [0.05, 0.1) is 4.90 Å². The molecule has 6 heteroatoms. The number of nitrogens with two attached hydrogens (primary N) is 1. The lowest BCUT2D eigenvalue weighted by molar-refractivity contribution is -0.117.